The zero-order valence-electron chi connectivity index (χ0n) is 15.8. The van der Waals surface area contributed by atoms with E-state index in [4.69, 9.17) is 11.6 Å². The van der Waals surface area contributed by atoms with Gasteiger partial charge in [-0.15, -0.1) is 0 Å². The fourth-order valence-electron chi connectivity index (χ4n) is 2.84. The molecule has 1 saturated heterocycles. The number of aromatic nitrogens is 2. The maximum atomic E-state index is 12.4. The van der Waals surface area contributed by atoms with Crippen molar-refractivity contribution < 1.29 is 19.2 Å². The average molecular weight is 419 g/mol. The molecule has 2 aromatic rings. The Morgan fingerprint density at radius 2 is 1.79 bits per heavy atom. The topological polar surface area (TPSA) is 125 Å². The van der Waals surface area contributed by atoms with Gasteiger partial charge >= 0.3 is 6.03 Å². The third-order valence-electron chi connectivity index (χ3n) is 4.31. The average Bonchev–Trinajstić information content (AvgIpc) is 3.12. The fraction of sp³-hybridized carbons (Fsp3) is 0.278. The number of nitrogens with zero attached hydrogens (tertiary/aromatic N) is 3. The molecule has 1 aromatic heterocycles. The summed E-state index contributed by atoms with van der Waals surface area (Å²) >= 11 is 6.10. The van der Waals surface area contributed by atoms with Crippen molar-refractivity contribution in [1.29, 1.82) is 0 Å². The van der Waals surface area contributed by atoms with Crippen LogP contribution >= 0.6 is 11.6 Å². The molecule has 0 spiro atoms. The van der Waals surface area contributed by atoms with Crippen LogP contribution in [0.15, 0.2) is 24.3 Å². The van der Waals surface area contributed by atoms with Crippen molar-refractivity contribution in [3.8, 4) is 0 Å². The third-order valence-corrected chi connectivity index (χ3v) is 4.74. The second kappa shape index (κ2) is 8.31. The molecule has 0 radical (unpaired) electrons. The van der Waals surface area contributed by atoms with Crippen LogP contribution in [0.5, 0.6) is 0 Å². The maximum Gasteiger partial charge on any atom is 0.324 e. The molecule has 29 heavy (non-hydrogen) atoms. The van der Waals surface area contributed by atoms with Crippen molar-refractivity contribution in [2.75, 3.05) is 23.7 Å². The van der Waals surface area contributed by atoms with Crippen molar-refractivity contribution in [1.82, 2.24) is 20.0 Å². The van der Waals surface area contributed by atoms with Crippen LogP contribution in [0.3, 0.4) is 0 Å². The second-order valence-electron chi connectivity index (χ2n) is 6.41. The molecule has 0 atom stereocenters. The highest BCUT2D eigenvalue weighted by molar-refractivity contribution is 6.33. The Bertz CT molecular complexity index is 969. The Kier molecular flexibility index (Phi) is 5.83. The predicted octanol–water partition coefficient (Wildman–Crippen LogP) is 1.51. The van der Waals surface area contributed by atoms with Gasteiger partial charge in [-0.05, 0) is 31.2 Å². The molecule has 0 bridgehead atoms. The number of carbonyl (C=O) groups is 4. The standard InChI is InChI=1S/C18H19ClN6O4/c1-10-15(16(19)24(2)23-10)17(28)22-12-5-3-11(4-6-12)21-13(26)7-8-25-14(27)9-20-18(25)29/h3-6H,7-9H2,1-2H3,(H,20,29)(H,21,26)(H,22,28). The smallest absolute Gasteiger partial charge is 0.324 e. The summed E-state index contributed by atoms with van der Waals surface area (Å²) in [6, 6.07) is 6.01. The summed E-state index contributed by atoms with van der Waals surface area (Å²) < 4.78 is 1.42. The van der Waals surface area contributed by atoms with Crippen LogP contribution in [0.4, 0.5) is 16.2 Å². The Morgan fingerprint density at radius 3 is 2.31 bits per heavy atom. The molecule has 0 aliphatic carbocycles. The lowest BCUT2D eigenvalue weighted by molar-refractivity contribution is -0.125. The number of halogens is 1. The first-order valence-electron chi connectivity index (χ1n) is 8.75. The molecule has 1 aliphatic rings. The minimum atomic E-state index is -0.494. The molecule has 11 heteroatoms. The number of amides is 5. The molecule has 3 N–H and O–H groups in total. The third kappa shape index (κ3) is 4.54. The van der Waals surface area contributed by atoms with Gasteiger partial charge < -0.3 is 16.0 Å². The van der Waals surface area contributed by atoms with Gasteiger partial charge in [0.05, 0.1) is 17.8 Å². The van der Waals surface area contributed by atoms with Gasteiger partial charge in [0.25, 0.3) is 5.91 Å². The maximum absolute atomic E-state index is 12.4. The first-order chi connectivity index (χ1) is 13.8. The van der Waals surface area contributed by atoms with Crippen LogP contribution in [-0.4, -0.2) is 51.5 Å². The summed E-state index contributed by atoms with van der Waals surface area (Å²) in [7, 11) is 1.65. The SMILES string of the molecule is Cc1nn(C)c(Cl)c1C(=O)Nc1ccc(NC(=O)CCN2C(=O)CNC2=O)cc1. The molecule has 5 amide bonds. The van der Waals surface area contributed by atoms with Crippen LogP contribution in [0.25, 0.3) is 0 Å². The summed E-state index contributed by atoms with van der Waals surface area (Å²) in [6.07, 6.45) is -0.0174. The summed E-state index contributed by atoms with van der Waals surface area (Å²) in [4.78, 5) is 48.4. The Morgan fingerprint density at radius 1 is 1.17 bits per heavy atom. The van der Waals surface area contributed by atoms with E-state index in [0.717, 1.165) is 4.90 Å². The van der Waals surface area contributed by atoms with Crippen molar-refractivity contribution in [2.45, 2.75) is 13.3 Å². The number of urea groups is 1. The van der Waals surface area contributed by atoms with Gasteiger partial charge in [0.15, 0.2) is 0 Å². The normalized spacial score (nSPS) is 13.4. The second-order valence-corrected chi connectivity index (χ2v) is 6.77. The lowest BCUT2D eigenvalue weighted by Gasteiger charge is -2.12. The van der Waals surface area contributed by atoms with Gasteiger partial charge in [-0.2, -0.15) is 5.10 Å². The molecular weight excluding hydrogens is 400 g/mol. The lowest BCUT2D eigenvalue weighted by atomic mass is 10.2. The molecule has 152 valence electrons. The molecular formula is C18H19ClN6O4. The van der Waals surface area contributed by atoms with Crippen molar-refractivity contribution >= 4 is 46.7 Å². The zero-order chi connectivity index (χ0) is 21.1. The molecule has 1 aliphatic heterocycles. The lowest BCUT2D eigenvalue weighted by Crippen LogP contribution is -2.33. The molecule has 1 fully saturated rings. The Balaban J connectivity index is 1.54. The van der Waals surface area contributed by atoms with E-state index in [1.54, 1.807) is 38.2 Å². The molecule has 10 nitrogen and oxygen atoms in total. The van der Waals surface area contributed by atoms with E-state index in [9.17, 15) is 19.2 Å². The molecule has 0 unspecified atom stereocenters. The summed E-state index contributed by atoms with van der Waals surface area (Å²) in [5.41, 5.74) is 1.85. The summed E-state index contributed by atoms with van der Waals surface area (Å²) in [5.74, 6) is -1.08. The highest BCUT2D eigenvalue weighted by Crippen LogP contribution is 2.21. The number of rotatable bonds is 6. The largest absolute Gasteiger partial charge is 0.329 e. The van der Waals surface area contributed by atoms with E-state index in [2.05, 4.69) is 21.0 Å². The Hall–Kier alpha value is -3.40. The monoisotopic (exact) mass is 418 g/mol. The van der Waals surface area contributed by atoms with Gasteiger partial charge in [-0.25, -0.2) is 4.79 Å². The predicted molar refractivity (Wildman–Crippen MR) is 106 cm³/mol. The number of anilines is 2. The minimum Gasteiger partial charge on any atom is -0.329 e. The number of imide groups is 1. The van der Waals surface area contributed by atoms with E-state index in [1.807, 2.05) is 0 Å². The van der Waals surface area contributed by atoms with E-state index < -0.39 is 6.03 Å². The fourth-order valence-corrected chi connectivity index (χ4v) is 3.10. The first-order valence-corrected chi connectivity index (χ1v) is 9.12. The van der Waals surface area contributed by atoms with Gasteiger partial charge in [0.2, 0.25) is 11.8 Å². The van der Waals surface area contributed by atoms with Crippen molar-refractivity contribution in [3.63, 3.8) is 0 Å². The van der Waals surface area contributed by atoms with Crippen LogP contribution < -0.4 is 16.0 Å². The highest BCUT2D eigenvalue weighted by atomic mass is 35.5. The van der Waals surface area contributed by atoms with E-state index >= 15 is 0 Å². The number of carbonyl (C=O) groups excluding carboxylic acids is 4. The van der Waals surface area contributed by atoms with Gasteiger partial charge in [0, 0.05) is 31.4 Å². The molecule has 0 saturated carbocycles. The van der Waals surface area contributed by atoms with E-state index in [-0.39, 0.29) is 42.4 Å². The summed E-state index contributed by atoms with van der Waals surface area (Å²) in [6.45, 7) is 1.66. The molecule has 1 aromatic carbocycles. The van der Waals surface area contributed by atoms with Crippen LogP contribution in [0, 0.1) is 6.92 Å². The van der Waals surface area contributed by atoms with Gasteiger partial charge in [-0.1, -0.05) is 11.6 Å². The van der Waals surface area contributed by atoms with Crippen molar-refractivity contribution in [2.24, 2.45) is 7.05 Å². The molecule has 3 rings (SSSR count). The highest BCUT2D eigenvalue weighted by Gasteiger charge is 2.28. The van der Waals surface area contributed by atoms with Crippen LogP contribution in [0.1, 0.15) is 22.5 Å². The number of nitrogens with one attached hydrogen (secondary N) is 3. The van der Waals surface area contributed by atoms with Gasteiger partial charge in [-0.3, -0.25) is 24.0 Å². The van der Waals surface area contributed by atoms with Crippen molar-refractivity contribution in [3.05, 3.63) is 40.7 Å². The number of hydrogen-bond acceptors (Lipinski definition) is 5. The minimum absolute atomic E-state index is 0.00978. The number of benzene rings is 1. The van der Waals surface area contributed by atoms with E-state index in [0.29, 0.717) is 22.6 Å². The quantitative estimate of drug-likeness (QED) is 0.613. The van der Waals surface area contributed by atoms with Crippen LogP contribution in [0.2, 0.25) is 5.15 Å². The van der Waals surface area contributed by atoms with Crippen LogP contribution in [-0.2, 0) is 16.6 Å². The number of hydrogen-bond donors (Lipinski definition) is 3. The van der Waals surface area contributed by atoms with Gasteiger partial charge in [0.1, 0.15) is 5.15 Å². The first kappa shape index (κ1) is 20.3. The summed E-state index contributed by atoms with van der Waals surface area (Å²) in [5, 5.41) is 12.1. The molecule has 2 heterocycles. The number of aryl methyl sites for hydroxylation is 2. The zero-order valence-corrected chi connectivity index (χ0v) is 16.5. The Labute approximate surface area is 171 Å². The van der Waals surface area contributed by atoms with E-state index in [1.165, 1.54) is 4.68 Å².